The first-order valence-electron chi connectivity index (χ1n) is 2.97. The van der Waals surface area contributed by atoms with E-state index in [4.69, 9.17) is 5.11 Å². The van der Waals surface area contributed by atoms with E-state index < -0.39 is 5.97 Å². The number of esters is 1. The Hall–Kier alpha value is -1.29. The van der Waals surface area contributed by atoms with Crippen LogP contribution < -0.4 is 0 Å². The van der Waals surface area contributed by atoms with Crippen molar-refractivity contribution in [3.8, 4) is 5.75 Å². The molecule has 0 spiro atoms. The first-order chi connectivity index (χ1) is 5.25. The fourth-order valence-corrected chi connectivity index (χ4v) is 0.669. The summed E-state index contributed by atoms with van der Waals surface area (Å²) in [6.07, 6.45) is 2.60. The molecule has 0 saturated heterocycles. The van der Waals surface area contributed by atoms with Crippen molar-refractivity contribution in [3.05, 3.63) is 24.0 Å². The number of nitrogens with zero attached hydrogens (tertiary/aromatic N) is 1. The average Bonchev–Trinajstić information content (AvgIpc) is 2.04. The molecule has 0 aromatic carbocycles. The monoisotopic (exact) mass is 189 g/mol. The second-order valence-corrected chi connectivity index (χ2v) is 1.88. The molecule has 1 rings (SSSR count). The molecule has 1 aromatic heterocycles. The van der Waals surface area contributed by atoms with Crippen molar-refractivity contribution in [3.63, 3.8) is 0 Å². The standard InChI is InChI=1S/C7H7NO3.ClH/c1-11-7(10)5-2-3-8-4-6(5)9;/h2-4,9H,1H3;1H. The van der Waals surface area contributed by atoms with Crippen molar-refractivity contribution in [2.45, 2.75) is 0 Å². The quantitative estimate of drug-likeness (QED) is 0.670. The molecule has 1 N–H and O–H groups in total. The van der Waals surface area contributed by atoms with Gasteiger partial charge in [-0.1, -0.05) is 0 Å². The van der Waals surface area contributed by atoms with Gasteiger partial charge < -0.3 is 9.84 Å². The summed E-state index contributed by atoms with van der Waals surface area (Å²) in [5, 5.41) is 9.05. The highest BCUT2D eigenvalue weighted by Crippen LogP contribution is 2.13. The maximum absolute atomic E-state index is 10.8. The molecule has 1 heterocycles. The zero-order valence-corrected chi connectivity index (χ0v) is 7.17. The van der Waals surface area contributed by atoms with Crippen molar-refractivity contribution in [1.82, 2.24) is 4.98 Å². The van der Waals surface area contributed by atoms with Crippen molar-refractivity contribution in [2.24, 2.45) is 0 Å². The van der Waals surface area contributed by atoms with Crippen LogP contribution in [-0.2, 0) is 4.74 Å². The van der Waals surface area contributed by atoms with E-state index >= 15 is 0 Å². The van der Waals surface area contributed by atoms with Gasteiger partial charge >= 0.3 is 5.97 Å². The van der Waals surface area contributed by atoms with Gasteiger partial charge in [-0.3, -0.25) is 4.98 Å². The van der Waals surface area contributed by atoms with Crippen LogP contribution in [0.3, 0.4) is 0 Å². The Morgan fingerprint density at radius 1 is 1.67 bits per heavy atom. The van der Waals surface area contributed by atoms with Crippen molar-refractivity contribution < 1.29 is 14.6 Å². The van der Waals surface area contributed by atoms with Crippen molar-refractivity contribution >= 4 is 18.4 Å². The molecule has 0 bridgehead atoms. The summed E-state index contributed by atoms with van der Waals surface area (Å²) in [6, 6.07) is 1.39. The van der Waals surface area contributed by atoms with Crippen LogP contribution in [0.25, 0.3) is 0 Å². The molecular weight excluding hydrogens is 182 g/mol. The molecule has 0 aliphatic rings. The van der Waals surface area contributed by atoms with Gasteiger partial charge in [0, 0.05) is 6.20 Å². The Kier molecular flexibility index (Phi) is 4.07. The lowest BCUT2D eigenvalue weighted by molar-refractivity contribution is 0.0597. The fraction of sp³-hybridized carbons (Fsp3) is 0.143. The number of aromatic hydroxyl groups is 1. The lowest BCUT2D eigenvalue weighted by Crippen LogP contribution is -2.01. The normalized spacial score (nSPS) is 8.42. The predicted octanol–water partition coefficient (Wildman–Crippen LogP) is 0.996. The maximum Gasteiger partial charge on any atom is 0.341 e. The van der Waals surface area contributed by atoms with Crippen molar-refractivity contribution in [1.29, 1.82) is 0 Å². The van der Waals surface area contributed by atoms with Gasteiger partial charge in [0.05, 0.1) is 13.3 Å². The van der Waals surface area contributed by atoms with Crippen LogP contribution in [0.5, 0.6) is 5.75 Å². The van der Waals surface area contributed by atoms with E-state index in [2.05, 4.69) is 9.72 Å². The second-order valence-electron chi connectivity index (χ2n) is 1.88. The molecule has 1 aromatic rings. The largest absolute Gasteiger partial charge is 0.505 e. The Morgan fingerprint density at radius 3 is 2.83 bits per heavy atom. The number of halogens is 1. The van der Waals surface area contributed by atoms with Crippen LogP contribution in [0.15, 0.2) is 18.5 Å². The third kappa shape index (κ3) is 2.10. The van der Waals surface area contributed by atoms with E-state index in [0.29, 0.717) is 0 Å². The minimum Gasteiger partial charge on any atom is -0.505 e. The number of hydrogen-bond acceptors (Lipinski definition) is 4. The van der Waals surface area contributed by atoms with Crippen LogP contribution in [-0.4, -0.2) is 23.2 Å². The van der Waals surface area contributed by atoms with Gasteiger partial charge in [-0.25, -0.2) is 4.79 Å². The number of hydrogen-bond donors (Lipinski definition) is 1. The highest BCUT2D eigenvalue weighted by atomic mass is 35.5. The number of aromatic nitrogens is 1. The Morgan fingerprint density at radius 2 is 2.33 bits per heavy atom. The first kappa shape index (κ1) is 10.7. The van der Waals surface area contributed by atoms with Gasteiger partial charge in [0.25, 0.3) is 0 Å². The zero-order chi connectivity index (χ0) is 8.27. The van der Waals surface area contributed by atoms with Gasteiger partial charge in [0.2, 0.25) is 0 Å². The minimum absolute atomic E-state index is 0. The molecule has 66 valence electrons. The topological polar surface area (TPSA) is 59.4 Å². The molecule has 0 aliphatic heterocycles. The molecule has 0 saturated carbocycles. The highest BCUT2D eigenvalue weighted by molar-refractivity contribution is 5.91. The molecular formula is C7H8ClNO3. The number of carbonyl (C=O) groups excluding carboxylic acids is 1. The zero-order valence-electron chi connectivity index (χ0n) is 6.35. The molecule has 5 heteroatoms. The smallest absolute Gasteiger partial charge is 0.341 e. The summed E-state index contributed by atoms with van der Waals surface area (Å²) in [5.41, 5.74) is 0.127. The Balaban J connectivity index is 0.00000121. The molecule has 0 amide bonds. The van der Waals surface area contributed by atoms with Gasteiger partial charge in [0.1, 0.15) is 11.3 Å². The second kappa shape index (κ2) is 4.56. The number of ether oxygens (including phenoxy) is 1. The SMILES string of the molecule is COC(=O)c1ccncc1O.Cl. The van der Waals surface area contributed by atoms with Gasteiger partial charge in [-0.2, -0.15) is 0 Å². The maximum atomic E-state index is 10.8. The van der Waals surface area contributed by atoms with E-state index in [1.54, 1.807) is 0 Å². The van der Waals surface area contributed by atoms with Crippen LogP contribution in [0, 0.1) is 0 Å². The van der Waals surface area contributed by atoms with Gasteiger partial charge in [-0.15, -0.1) is 12.4 Å². The summed E-state index contributed by atoms with van der Waals surface area (Å²) in [7, 11) is 1.25. The molecule has 0 aliphatic carbocycles. The van der Waals surface area contributed by atoms with Crippen LogP contribution >= 0.6 is 12.4 Å². The Labute approximate surface area is 75.6 Å². The van der Waals surface area contributed by atoms with E-state index in [-0.39, 0.29) is 23.7 Å². The minimum atomic E-state index is -0.565. The summed E-state index contributed by atoms with van der Waals surface area (Å²) in [4.78, 5) is 14.4. The molecule has 0 atom stereocenters. The molecule has 0 radical (unpaired) electrons. The van der Waals surface area contributed by atoms with Gasteiger partial charge in [0.15, 0.2) is 0 Å². The first-order valence-corrected chi connectivity index (χ1v) is 2.97. The van der Waals surface area contributed by atoms with E-state index in [9.17, 15) is 4.79 Å². The molecule has 0 fully saturated rings. The highest BCUT2D eigenvalue weighted by Gasteiger charge is 2.09. The van der Waals surface area contributed by atoms with Crippen LogP contribution in [0.1, 0.15) is 10.4 Å². The third-order valence-electron chi connectivity index (χ3n) is 1.21. The third-order valence-corrected chi connectivity index (χ3v) is 1.21. The van der Waals surface area contributed by atoms with Gasteiger partial charge in [-0.05, 0) is 6.07 Å². The summed E-state index contributed by atoms with van der Waals surface area (Å²) in [6.45, 7) is 0. The number of methoxy groups -OCH3 is 1. The van der Waals surface area contributed by atoms with Crippen LogP contribution in [0.4, 0.5) is 0 Å². The summed E-state index contributed by atoms with van der Waals surface area (Å²) in [5.74, 6) is -0.732. The Bertz CT molecular complexity index is 277. The average molecular weight is 190 g/mol. The molecule has 0 unspecified atom stereocenters. The van der Waals surface area contributed by atoms with E-state index in [1.165, 1.54) is 25.6 Å². The lowest BCUT2D eigenvalue weighted by atomic mass is 10.2. The fourth-order valence-electron chi connectivity index (χ4n) is 0.669. The van der Waals surface area contributed by atoms with E-state index in [0.717, 1.165) is 0 Å². The lowest BCUT2D eigenvalue weighted by Gasteiger charge is -1.99. The number of carbonyl (C=O) groups is 1. The number of pyridine rings is 1. The molecule has 4 nitrogen and oxygen atoms in total. The van der Waals surface area contributed by atoms with Crippen molar-refractivity contribution in [2.75, 3.05) is 7.11 Å². The van der Waals surface area contributed by atoms with Crippen LogP contribution in [0.2, 0.25) is 0 Å². The number of rotatable bonds is 1. The summed E-state index contributed by atoms with van der Waals surface area (Å²) >= 11 is 0. The molecule has 12 heavy (non-hydrogen) atoms. The summed E-state index contributed by atoms with van der Waals surface area (Å²) < 4.78 is 4.39. The predicted molar refractivity (Wildman–Crippen MR) is 44.5 cm³/mol. The van der Waals surface area contributed by atoms with E-state index in [1.807, 2.05) is 0 Å².